The van der Waals surface area contributed by atoms with E-state index in [1.54, 1.807) is 28.8 Å². The fourth-order valence-corrected chi connectivity index (χ4v) is 2.28. The fourth-order valence-electron chi connectivity index (χ4n) is 2.10. The predicted molar refractivity (Wildman–Crippen MR) is 83.1 cm³/mol. The van der Waals surface area contributed by atoms with Gasteiger partial charge in [0.2, 0.25) is 0 Å². The van der Waals surface area contributed by atoms with E-state index in [1.165, 1.54) is 19.8 Å². The fraction of sp³-hybridized carbons (Fsp3) is 0.200. The zero-order chi connectivity index (χ0) is 16.2. The molecule has 1 atom stereocenters. The summed E-state index contributed by atoms with van der Waals surface area (Å²) in [6.45, 7) is 0.0112. The van der Waals surface area contributed by atoms with Crippen LogP contribution in [-0.4, -0.2) is 39.2 Å². The molecule has 0 radical (unpaired) electrons. The summed E-state index contributed by atoms with van der Waals surface area (Å²) >= 11 is 5.97. The Morgan fingerprint density at radius 3 is 2.78 bits per heavy atom. The molecule has 23 heavy (non-hydrogen) atoms. The molecule has 3 aromatic rings. The maximum absolute atomic E-state index is 12.0. The van der Waals surface area contributed by atoms with Crippen LogP contribution in [-0.2, 0) is 9.47 Å². The molecule has 2 aromatic heterocycles. The maximum Gasteiger partial charge on any atom is 0.338 e. The number of hydrogen-bond donors (Lipinski definition) is 0. The Labute approximate surface area is 136 Å². The van der Waals surface area contributed by atoms with Crippen molar-refractivity contribution in [3.05, 3.63) is 53.7 Å². The van der Waals surface area contributed by atoms with E-state index in [2.05, 4.69) is 15.0 Å². The van der Waals surface area contributed by atoms with Crippen LogP contribution in [0.1, 0.15) is 16.6 Å². The van der Waals surface area contributed by atoms with E-state index >= 15 is 0 Å². The molecule has 0 aliphatic carbocycles. The number of rotatable bonds is 5. The number of carbonyl (C=O) groups is 1. The van der Waals surface area contributed by atoms with E-state index in [0.717, 1.165) is 0 Å². The van der Waals surface area contributed by atoms with Gasteiger partial charge >= 0.3 is 5.97 Å². The third-order valence-corrected chi connectivity index (χ3v) is 3.54. The lowest BCUT2D eigenvalue weighted by Crippen LogP contribution is -2.19. The van der Waals surface area contributed by atoms with Crippen molar-refractivity contribution in [2.75, 3.05) is 13.7 Å². The molecule has 0 N–H and O–H groups in total. The summed E-state index contributed by atoms with van der Waals surface area (Å²) < 4.78 is 12.3. The highest BCUT2D eigenvalue weighted by Crippen LogP contribution is 2.21. The molecule has 118 valence electrons. The number of methoxy groups -OCH3 is 1. The van der Waals surface area contributed by atoms with Crippen LogP contribution in [0.4, 0.5) is 0 Å². The number of imidazole rings is 1. The number of aromatic nitrogens is 4. The van der Waals surface area contributed by atoms with Gasteiger partial charge in [0.15, 0.2) is 17.0 Å². The minimum absolute atomic E-state index is 0.0112. The molecule has 8 heteroatoms. The highest BCUT2D eigenvalue weighted by Gasteiger charge is 2.18. The Kier molecular flexibility index (Phi) is 4.50. The minimum atomic E-state index is -0.571. The molecular weight excluding hydrogens is 320 g/mol. The molecule has 0 fully saturated rings. The minimum Gasteiger partial charge on any atom is -0.457 e. The van der Waals surface area contributed by atoms with Crippen molar-refractivity contribution in [3.8, 4) is 0 Å². The second-order valence-electron chi connectivity index (χ2n) is 4.64. The summed E-state index contributed by atoms with van der Waals surface area (Å²) in [5.74, 6) is -0.426. The van der Waals surface area contributed by atoms with Crippen LogP contribution in [0.2, 0.25) is 5.15 Å². The number of halogens is 1. The molecular formula is C15H13ClN4O3. The van der Waals surface area contributed by atoms with E-state index in [-0.39, 0.29) is 11.8 Å². The van der Waals surface area contributed by atoms with Crippen molar-refractivity contribution < 1.29 is 14.3 Å². The number of carbonyl (C=O) groups excluding carboxylic acids is 1. The van der Waals surface area contributed by atoms with Crippen LogP contribution in [0, 0.1) is 0 Å². The summed E-state index contributed by atoms with van der Waals surface area (Å²) in [4.78, 5) is 24.2. The van der Waals surface area contributed by atoms with Gasteiger partial charge in [-0.2, -0.15) is 0 Å². The number of benzene rings is 1. The first-order chi connectivity index (χ1) is 11.2. The van der Waals surface area contributed by atoms with Crippen LogP contribution in [0.15, 0.2) is 43.0 Å². The topological polar surface area (TPSA) is 79.1 Å². The third kappa shape index (κ3) is 3.15. The van der Waals surface area contributed by atoms with Gasteiger partial charge in [-0.3, -0.25) is 4.57 Å². The van der Waals surface area contributed by atoms with Gasteiger partial charge in [0.1, 0.15) is 18.5 Å². The van der Waals surface area contributed by atoms with Crippen LogP contribution in [0.5, 0.6) is 0 Å². The van der Waals surface area contributed by atoms with E-state index in [1.807, 2.05) is 6.07 Å². The zero-order valence-corrected chi connectivity index (χ0v) is 13.0. The van der Waals surface area contributed by atoms with Crippen molar-refractivity contribution in [2.45, 2.75) is 6.23 Å². The number of fused-ring (bicyclic) bond motifs is 1. The smallest absolute Gasteiger partial charge is 0.338 e. The van der Waals surface area contributed by atoms with Gasteiger partial charge in [-0.05, 0) is 12.1 Å². The van der Waals surface area contributed by atoms with E-state index in [4.69, 9.17) is 21.1 Å². The average molecular weight is 333 g/mol. The Hall–Kier alpha value is -2.51. The second kappa shape index (κ2) is 6.72. The van der Waals surface area contributed by atoms with Crippen molar-refractivity contribution in [1.82, 2.24) is 19.5 Å². The van der Waals surface area contributed by atoms with E-state index < -0.39 is 12.2 Å². The molecule has 0 aliphatic rings. The molecule has 0 saturated heterocycles. The maximum atomic E-state index is 12.0. The average Bonchev–Trinajstić information content (AvgIpc) is 3.02. The highest BCUT2D eigenvalue weighted by molar-refractivity contribution is 6.33. The standard InChI is InChI=1S/C15H13ClN4O3/c1-22-11(7-23-15(21)10-5-3-2-4-6-10)20-9-19-12-13(16)17-8-18-14(12)20/h2-6,8-9,11H,7H2,1H3/t11-/m1/s1. The number of ether oxygens (including phenoxy) is 2. The first-order valence-corrected chi connectivity index (χ1v) is 7.16. The Balaban J connectivity index is 1.77. The number of nitrogens with zero attached hydrogens (tertiary/aromatic N) is 4. The molecule has 7 nitrogen and oxygen atoms in total. The summed E-state index contributed by atoms with van der Waals surface area (Å²) in [7, 11) is 1.51. The monoisotopic (exact) mass is 332 g/mol. The molecule has 0 aliphatic heterocycles. The summed E-state index contributed by atoms with van der Waals surface area (Å²) in [5, 5.41) is 0.255. The first kappa shape index (κ1) is 15.4. The molecule has 0 spiro atoms. The zero-order valence-electron chi connectivity index (χ0n) is 12.2. The lowest BCUT2D eigenvalue weighted by molar-refractivity contribution is -0.0197. The Morgan fingerprint density at radius 1 is 1.26 bits per heavy atom. The van der Waals surface area contributed by atoms with Gasteiger partial charge in [0.05, 0.1) is 11.9 Å². The summed E-state index contributed by atoms with van der Waals surface area (Å²) in [6, 6.07) is 8.74. The molecule has 0 bridgehead atoms. The Morgan fingerprint density at radius 2 is 2.04 bits per heavy atom. The summed E-state index contributed by atoms with van der Waals surface area (Å²) in [5.41, 5.74) is 1.45. The van der Waals surface area contributed by atoms with Crippen LogP contribution < -0.4 is 0 Å². The molecule has 1 aromatic carbocycles. The molecule has 0 amide bonds. The highest BCUT2D eigenvalue weighted by atomic mass is 35.5. The normalized spacial score (nSPS) is 12.3. The van der Waals surface area contributed by atoms with Gasteiger partial charge in [-0.1, -0.05) is 29.8 Å². The van der Waals surface area contributed by atoms with Crippen LogP contribution in [0.3, 0.4) is 0 Å². The molecule has 0 unspecified atom stereocenters. The van der Waals surface area contributed by atoms with Crippen molar-refractivity contribution in [3.63, 3.8) is 0 Å². The van der Waals surface area contributed by atoms with Crippen molar-refractivity contribution in [1.29, 1.82) is 0 Å². The van der Waals surface area contributed by atoms with Crippen molar-refractivity contribution in [2.24, 2.45) is 0 Å². The Bertz CT molecular complexity index is 822. The molecule has 2 heterocycles. The van der Waals surface area contributed by atoms with Gasteiger partial charge in [0, 0.05) is 7.11 Å². The van der Waals surface area contributed by atoms with Crippen LogP contribution >= 0.6 is 11.6 Å². The first-order valence-electron chi connectivity index (χ1n) is 6.78. The van der Waals surface area contributed by atoms with Gasteiger partial charge < -0.3 is 9.47 Å². The largest absolute Gasteiger partial charge is 0.457 e. The number of hydrogen-bond acceptors (Lipinski definition) is 6. The molecule has 3 rings (SSSR count). The van der Waals surface area contributed by atoms with E-state index in [0.29, 0.717) is 16.7 Å². The van der Waals surface area contributed by atoms with E-state index in [9.17, 15) is 4.79 Å². The SMILES string of the molecule is CO[C@H](COC(=O)c1ccccc1)n1cnc2c(Cl)ncnc21. The lowest BCUT2D eigenvalue weighted by Gasteiger charge is -2.17. The summed E-state index contributed by atoms with van der Waals surface area (Å²) in [6.07, 6.45) is 2.29. The molecule has 0 saturated carbocycles. The lowest BCUT2D eigenvalue weighted by atomic mass is 10.2. The predicted octanol–water partition coefficient (Wildman–Crippen LogP) is 2.48. The van der Waals surface area contributed by atoms with Gasteiger partial charge in [-0.15, -0.1) is 0 Å². The van der Waals surface area contributed by atoms with Gasteiger partial charge in [-0.25, -0.2) is 19.7 Å². The number of esters is 1. The quantitative estimate of drug-likeness (QED) is 0.527. The van der Waals surface area contributed by atoms with Gasteiger partial charge in [0.25, 0.3) is 0 Å². The third-order valence-electron chi connectivity index (χ3n) is 3.26. The van der Waals surface area contributed by atoms with Crippen molar-refractivity contribution >= 4 is 28.7 Å². The van der Waals surface area contributed by atoms with Crippen LogP contribution in [0.25, 0.3) is 11.2 Å². The second-order valence-corrected chi connectivity index (χ2v) is 5.00.